The van der Waals surface area contributed by atoms with Crippen LogP contribution in [0, 0.1) is 13.8 Å². The molecular formula is C15H21N5O. The first kappa shape index (κ1) is 15.2. The molecule has 0 bridgehead atoms. The quantitative estimate of drug-likeness (QED) is 0.683. The van der Waals surface area contributed by atoms with E-state index in [0.717, 1.165) is 16.7 Å². The van der Waals surface area contributed by atoms with E-state index in [4.69, 9.17) is 5.84 Å². The summed E-state index contributed by atoms with van der Waals surface area (Å²) in [5.74, 6) is 6.71. The van der Waals surface area contributed by atoms with Crippen molar-refractivity contribution in [3.05, 3.63) is 39.8 Å². The maximum atomic E-state index is 12.2. The summed E-state index contributed by atoms with van der Waals surface area (Å²) in [5.41, 5.74) is 2.77. The fraction of sp³-hybridized carbons (Fsp3) is 0.400. The third-order valence-electron chi connectivity index (χ3n) is 3.51. The molecule has 0 aliphatic carbocycles. The van der Waals surface area contributed by atoms with Crippen molar-refractivity contribution in [2.45, 2.75) is 34.2 Å². The van der Waals surface area contributed by atoms with Gasteiger partial charge >= 0.3 is 5.69 Å². The molecule has 0 saturated heterocycles. The van der Waals surface area contributed by atoms with Gasteiger partial charge in [-0.3, -0.25) is 9.58 Å². The predicted molar refractivity (Wildman–Crippen MR) is 84.1 cm³/mol. The second-order valence-electron chi connectivity index (χ2n) is 4.93. The molecule has 2 N–H and O–H groups in total. The molecule has 1 aromatic heterocycles. The Labute approximate surface area is 124 Å². The van der Waals surface area contributed by atoms with Crippen LogP contribution in [0.2, 0.25) is 0 Å². The van der Waals surface area contributed by atoms with Crippen molar-refractivity contribution < 1.29 is 0 Å². The Morgan fingerprint density at radius 3 is 2.33 bits per heavy atom. The van der Waals surface area contributed by atoms with Crippen molar-refractivity contribution in [1.82, 2.24) is 14.5 Å². The molecule has 0 aliphatic rings. The van der Waals surface area contributed by atoms with E-state index in [9.17, 15) is 4.79 Å². The molecule has 0 fully saturated rings. The van der Waals surface area contributed by atoms with Gasteiger partial charge in [-0.15, -0.1) is 0 Å². The molecule has 0 radical (unpaired) electrons. The Hall–Kier alpha value is -2.21. The van der Waals surface area contributed by atoms with Gasteiger partial charge in [-0.25, -0.2) is 10.6 Å². The molecule has 0 aliphatic heterocycles. The molecule has 21 heavy (non-hydrogen) atoms. The second kappa shape index (κ2) is 6.05. The normalized spacial score (nSPS) is 10.7. The van der Waals surface area contributed by atoms with Crippen molar-refractivity contribution in [2.24, 2.45) is 5.84 Å². The van der Waals surface area contributed by atoms with E-state index < -0.39 is 0 Å². The molecule has 2 rings (SSSR count). The summed E-state index contributed by atoms with van der Waals surface area (Å²) in [4.78, 5) is 20.7. The summed E-state index contributed by atoms with van der Waals surface area (Å²) in [6, 6.07) is 6.01. The lowest BCUT2D eigenvalue weighted by molar-refractivity contribution is 0.673. The first-order valence-corrected chi connectivity index (χ1v) is 7.07. The van der Waals surface area contributed by atoms with Gasteiger partial charge in [0.15, 0.2) is 0 Å². The lowest BCUT2D eigenvalue weighted by Gasteiger charge is -2.18. The smallest absolute Gasteiger partial charge is 0.279 e. The molecule has 6 nitrogen and oxygen atoms in total. The summed E-state index contributed by atoms with van der Waals surface area (Å²) in [6.07, 6.45) is 0. The topological polar surface area (TPSA) is 77.0 Å². The highest BCUT2D eigenvalue weighted by Crippen LogP contribution is 2.25. The Bertz CT molecular complexity index is 687. The molecule has 0 atom stereocenters. The van der Waals surface area contributed by atoms with Gasteiger partial charge in [-0.1, -0.05) is 18.2 Å². The summed E-state index contributed by atoms with van der Waals surface area (Å²) < 4.78 is 1.57. The van der Waals surface area contributed by atoms with Crippen LogP contribution in [0.1, 0.15) is 25.0 Å². The average molecular weight is 287 g/mol. The van der Waals surface area contributed by atoms with Crippen molar-refractivity contribution in [1.29, 1.82) is 0 Å². The van der Waals surface area contributed by atoms with Crippen LogP contribution in [0.25, 0.3) is 11.4 Å². The van der Waals surface area contributed by atoms with Crippen LogP contribution in [0.5, 0.6) is 0 Å². The monoisotopic (exact) mass is 287 g/mol. The number of anilines is 1. The Kier molecular flexibility index (Phi) is 4.37. The number of hydrogen-bond donors (Lipinski definition) is 1. The Morgan fingerprint density at radius 2 is 1.81 bits per heavy atom. The van der Waals surface area contributed by atoms with E-state index in [-0.39, 0.29) is 11.6 Å². The number of nitrogens with zero attached hydrogens (tertiary/aromatic N) is 4. The molecule has 2 aromatic rings. The zero-order valence-electron chi connectivity index (χ0n) is 12.9. The van der Waals surface area contributed by atoms with Crippen LogP contribution < -0.4 is 16.5 Å². The maximum Gasteiger partial charge on any atom is 0.352 e. The number of benzene rings is 1. The van der Waals surface area contributed by atoms with Crippen LogP contribution in [0.15, 0.2) is 23.0 Å². The number of aromatic nitrogens is 3. The lowest BCUT2D eigenvalue weighted by Crippen LogP contribution is -2.36. The van der Waals surface area contributed by atoms with Gasteiger partial charge in [0.2, 0.25) is 5.95 Å². The van der Waals surface area contributed by atoms with Crippen molar-refractivity contribution >= 4 is 5.95 Å². The highest BCUT2D eigenvalue weighted by molar-refractivity contribution is 5.65. The summed E-state index contributed by atoms with van der Waals surface area (Å²) in [7, 11) is 0. The van der Waals surface area contributed by atoms with Gasteiger partial charge in [0.1, 0.15) is 5.82 Å². The molecule has 0 spiro atoms. The van der Waals surface area contributed by atoms with Crippen molar-refractivity contribution in [2.75, 3.05) is 11.6 Å². The number of aryl methyl sites for hydroxylation is 2. The van der Waals surface area contributed by atoms with E-state index in [2.05, 4.69) is 9.97 Å². The summed E-state index contributed by atoms with van der Waals surface area (Å²) >= 11 is 0. The number of nitrogens with two attached hydrogens (primary N) is 1. The molecule has 0 unspecified atom stereocenters. The Morgan fingerprint density at radius 1 is 1.19 bits per heavy atom. The standard InChI is InChI=1S/C15H21N5O/c1-5-19-13(12-10(3)8-7-9-11(12)4)17-14(18-15(19)21)20(16)6-2/h7-9H,5-6,16H2,1-4H3. The first-order valence-electron chi connectivity index (χ1n) is 7.07. The van der Waals surface area contributed by atoms with Gasteiger partial charge < -0.3 is 0 Å². The molecule has 0 amide bonds. The number of rotatable bonds is 4. The van der Waals surface area contributed by atoms with Gasteiger partial charge in [0.25, 0.3) is 0 Å². The zero-order valence-corrected chi connectivity index (χ0v) is 12.9. The molecular weight excluding hydrogens is 266 g/mol. The molecule has 1 aromatic carbocycles. The van der Waals surface area contributed by atoms with E-state index in [0.29, 0.717) is 18.9 Å². The molecule has 112 valence electrons. The van der Waals surface area contributed by atoms with E-state index in [1.807, 2.05) is 45.9 Å². The van der Waals surface area contributed by atoms with Crippen LogP contribution >= 0.6 is 0 Å². The third-order valence-corrected chi connectivity index (χ3v) is 3.51. The predicted octanol–water partition coefficient (Wildman–Crippen LogP) is 1.64. The van der Waals surface area contributed by atoms with Crippen LogP contribution in [0.4, 0.5) is 5.95 Å². The molecule has 6 heteroatoms. The first-order chi connectivity index (χ1) is 9.99. The highest BCUT2D eigenvalue weighted by Gasteiger charge is 2.16. The fourth-order valence-corrected chi connectivity index (χ4v) is 2.33. The lowest BCUT2D eigenvalue weighted by atomic mass is 10.0. The van der Waals surface area contributed by atoms with E-state index in [1.54, 1.807) is 4.57 Å². The Balaban J connectivity index is 2.77. The molecule has 0 saturated carbocycles. The van der Waals surface area contributed by atoms with E-state index >= 15 is 0 Å². The summed E-state index contributed by atoms with van der Waals surface area (Å²) in [5, 5.41) is 1.37. The van der Waals surface area contributed by atoms with Gasteiger partial charge in [0.05, 0.1) is 0 Å². The third kappa shape index (κ3) is 2.80. The zero-order chi connectivity index (χ0) is 15.6. The average Bonchev–Trinajstić information content (AvgIpc) is 2.45. The minimum Gasteiger partial charge on any atom is -0.279 e. The number of hydrogen-bond acceptors (Lipinski definition) is 5. The summed E-state index contributed by atoms with van der Waals surface area (Å²) in [6.45, 7) is 8.85. The second-order valence-corrected chi connectivity index (χ2v) is 4.93. The van der Waals surface area contributed by atoms with Gasteiger partial charge in [0, 0.05) is 18.7 Å². The van der Waals surface area contributed by atoms with Crippen LogP contribution in [0.3, 0.4) is 0 Å². The van der Waals surface area contributed by atoms with Crippen molar-refractivity contribution in [3.63, 3.8) is 0 Å². The maximum absolute atomic E-state index is 12.2. The fourth-order valence-electron chi connectivity index (χ4n) is 2.33. The van der Waals surface area contributed by atoms with E-state index in [1.165, 1.54) is 5.01 Å². The van der Waals surface area contributed by atoms with Crippen molar-refractivity contribution in [3.8, 4) is 11.4 Å². The van der Waals surface area contributed by atoms with Gasteiger partial charge in [-0.05, 0) is 38.8 Å². The number of hydrazine groups is 1. The van der Waals surface area contributed by atoms with Crippen LogP contribution in [-0.2, 0) is 6.54 Å². The van der Waals surface area contributed by atoms with Gasteiger partial charge in [-0.2, -0.15) is 9.97 Å². The minimum atomic E-state index is -0.330. The SMILES string of the molecule is CCN(N)c1nc(-c2c(C)cccc2C)n(CC)c(=O)n1. The minimum absolute atomic E-state index is 0.254. The molecule has 1 heterocycles. The highest BCUT2D eigenvalue weighted by atomic mass is 16.1. The largest absolute Gasteiger partial charge is 0.352 e. The van der Waals surface area contributed by atoms with Crippen LogP contribution in [-0.4, -0.2) is 21.1 Å².